The van der Waals surface area contributed by atoms with Gasteiger partial charge in [-0.05, 0) is 56.5 Å². The second-order valence-corrected chi connectivity index (χ2v) is 10.1. The quantitative estimate of drug-likeness (QED) is 0.284. The Morgan fingerprint density at radius 2 is 1.94 bits per heavy atom. The highest BCUT2D eigenvalue weighted by molar-refractivity contribution is 7.99. The van der Waals surface area contributed by atoms with Gasteiger partial charge < -0.3 is 4.57 Å². The molecule has 0 spiro atoms. The van der Waals surface area contributed by atoms with Crippen LogP contribution in [0.4, 0.5) is 5.13 Å². The fourth-order valence-electron chi connectivity index (χ4n) is 3.51. The summed E-state index contributed by atoms with van der Waals surface area (Å²) in [5.41, 5.74) is 4.66. The van der Waals surface area contributed by atoms with E-state index in [-0.39, 0.29) is 5.91 Å². The number of carbonyl (C=O) groups excluding carboxylic acids is 1. The standard InChI is InChI=1S/C25H28N4OS2/c1-18-5-8-21(9-6-18)31-16-11-23(30)29(14-4-13-28-15-12-26-17-28)25-27-24-20(3)19(2)7-10-22(24)32-25/h5-10,12,15,17H,4,11,13-14,16H2,1-3H3. The first-order valence-electron chi connectivity index (χ1n) is 10.8. The van der Waals surface area contributed by atoms with Crippen LogP contribution < -0.4 is 4.90 Å². The predicted molar refractivity (Wildman–Crippen MR) is 135 cm³/mol. The molecule has 166 valence electrons. The number of thioether (sulfide) groups is 1. The molecule has 0 radical (unpaired) electrons. The van der Waals surface area contributed by atoms with E-state index in [0.29, 0.717) is 13.0 Å². The second-order valence-electron chi connectivity index (χ2n) is 7.96. The normalized spacial score (nSPS) is 11.2. The maximum Gasteiger partial charge on any atom is 0.229 e. The summed E-state index contributed by atoms with van der Waals surface area (Å²) in [6.45, 7) is 7.75. The summed E-state index contributed by atoms with van der Waals surface area (Å²) in [5, 5.41) is 0.796. The fourth-order valence-corrected chi connectivity index (χ4v) is 5.42. The SMILES string of the molecule is Cc1ccc(SCCC(=O)N(CCCn2ccnc2)c2nc3c(C)c(C)ccc3s2)cc1. The summed E-state index contributed by atoms with van der Waals surface area (Å²) < 4.78 is 3.17. The molecule has 2 heterocycles. The molecule has 0 bridgehead atoms. The van der Waals surface area contributed by atoms with Crippen LogP contribution in [0.25, 0.3) is 10.2 Å². The Labute approximate surface area is 197 Å². The van der Waals surface area contributed by atoms with E-state index in [4.69, 9.17) is 4.98 Å². The summed E-state index contributed by atoms with van der Waals surface area (Å²) in [5.74, 6) is 0.881. The number of benzene rings is 2. The van der Waals surface area contributed by atoms with Crippen molar-refractivity contribution < 1.29 is 4.79 Å². The van der Waals surface area contributed by atoms with Crippen LogP contribution in [0.2, 0.25) is 0 Å². The smallest absolute Gasteiger partial charge is 0.229 e. The zero-order valence-electron chi connectivity index (χ0n) is 18.7. The van der Waals surface area contributed by atoms with E-state index in [0.717, 1.165) is 34.1 Å². The van der Waals surface area contributed by atoms with Gasteiger partial charge in [-0.3, -0.25) is 9.69 Å². The van der Waals surface area contributed by atoms with Crippen molar-refractivity contribution in [2.24, 2.45) is 0 Å². The highest BCUT2D eigenvalue weighted by Crippen LogP contribution is 2.32. The highest BCUT2D eigenvalue weighted by Gasteiger charge is 2.20. The lowest BCUT2D eigenvalue weighted by atomic mass is 10.1. The number of rotatable bonds is 9. The number of hydrogen-bond acceptors (Lipinski definition) is 5. The van der Waals surface area contributed by atoms with Gasteiger partial charge in [-0.1, -0.05) is 35.1 Å². The number of carbonyl (C=O) groups is 1. The Hall–Kier alpha value is -2.64. The molecule has 0 N–H and O–H groups in total. The molecule has 0 aliphatic rings. The Morgan fingerprint density at radius 1 is 1.12 bits per heavy atom. The van der Waals surface area contributed by atoms with Crippen molar-refractivity contribution in [3.05, 3.63) is 71.8 Å². The number of anilines is 1. The molecule has 0 aliphatic carbocycles. The van der Waals surface area contributed by atoms with E-state index in [1.54, 1.807) is 29.3 Å². The van der Waals surface area contributed by atoms with Crippen LogP contribution in [0, 0.1) is 20.8 Å². The molecule has 0 unspecified atom stereocenters. The lowest BCUT2D eigenvalue weighted by molar-refractivity contribution is -0.118. The molecule has 0 saturated heterocycles. The average molecular weight is 465 g/mol. The summed E-state index contributed by atoms with van der Waals surface area (Å²) in [6.07, 6.45) is 6.88. The van der Waals surface area contributed by atoms with E-state index >= 15 is 0 Å². The third-order valence-corrected chi connectivity index (χ3v) is 7.63. The Morgan fingerprint density at radius 3 is 2.69 bits per heavy atom. The molecule has 1 amide bonds. The van der Waals surface area contributed by atoms with E-state index < -0.39 is 0 Å². The van der Waals surface area contributed by atoms with Gasteiger partial charge in [-0.25, -0.2) is 9.97 Å². The molecule has 2 aromatic carbocycles. The first-order chi connectivity index (χ1) is 15.5. The number of thiazole rings is 1. The molecule has 0 aliphatic heterocycles. The van der Waals surface area contributed by atoms with Crippen LogP contribution in [0.1, 0.15) is 29.5 Å². The molecule has 32 heavy (non-hydrogen) atoms. The van der Waals surface area contributed by atoms with Crippen LogP contribution in [0.15, 0.2) is 60.0 Å². The first kappa shape index (κ1) is 22.6. The van der Waals surface area contributed by atoms with Gasteiger partial charge in [0.25, 0.3) is 0 Å². The van der Waals surface area contributed by atoms with Gasteiger partial charge in [-0.15, -0.1) is 11.8 Å². The summed E-state index contributed by atoms with van der Waals surface area (Å²) in [7, 11) is 0. The molecular weight excluding hydrogens is 436 g/mol. The predicted octanol–water partition coefficient (Wildman–Crippen LogP) is 6.02. The zero-order chi connectivity index (χ0) is 22.5. The van der Waals surface area contributed by atoms with Crippen LogP contribution >= 0.6 is 23.1 Å². The van der Waals surface area contributed by atoms with E-state index in [1.165, 1.54) is 21.6 Å². The largest absolute Gasteiger partial charge is 0.337 e. The molecular formula is C25H28N4OS2. The number of fused-ring (bicyclic) bond motifs is 1. The second kappa shape index (κ2) is 10.3. The van der Waals surface area contributed by atoms with Gasteiger partial charge in [0.1, 0.15) is 0 Å². The lowest BCUT2D eigenvalue weighted by Gasteiger charge is -2.20. The highest BCUT2D eigenvalue weighted by atomic mass is 32.2. The van der Waals surface area contributed by atoms with Gasteiger partial charge in [-0.2, -0.15) is 0 Å². The van der Waals surface area contributed by atoms with Crippen molar-refractivity contribution in [3.8, 4) is 0 Å². The molecule has 4 rings (SSSR count). The number of hydrogen-bond donors (Lipinski definition) is 0. The summed E-state index contributed by atoms with van der Waals surface area (Å²) in [6, 6.07) is 12.7. The van der Waals surface area contributed by atoms with Crippen molar-refractivity contribution in [1.29, 1.82) is 0 Å². The van der Waals surface area contributed by atoms with Crippen molar-refractivity contribution in [1.82, 2.24) is 14.5 Å². The van der Waals surface area contributed by atoms with Crippen molar-refractivity contribution in [3.63, 3.8) is 0 Å². The van der Waals surface area contributed by atoms with E-state index in [1.807, 2.05) is 22.0 Å². The topological polar surface area (TPSA) is 51.0 Å². The minimum atomic E-state index is 0.128. The maximum atomic E-state index is 13.3. The average Bonchev–Trinajstić information content (AvgIpc) is 3.45. The molecule has 0 fully saturated rings. The number of imidazole rings is 1. The van der Waals surface area contributed by atoms with Gasteiger partial charge >= 0.3 is 0 Å². The monoisotopic (exact) mass is 464 g/mol. The van der Waals surface area contributed by atoms with Crippen LogP contribution in [-0.2, 0) is 11.3 Å². The van der Waals surface area contributed by atoms with E-state index in [9.17, 15) is 4.79 Å². The minimum absolute atomic E-state index is 0.128. The molecule has 7 heteroatoms. The van der Waals surface area contributed by atoms with Crippen LogP contribution in [0.5, 0.6) is 0 Å². The molecule has 0 saturated carbocycles. The van der Waals surface area contributed by atoms with Crippen molar-refractivity contribution >= 4 is 44.4 Å². The van der Waals surface area contributed by atoms with Crippen LogP contribution in [0.3, 0.4) is 0 Å². The van der Waals surface area contributed by atoms with Crippen molar-refractivity contribution in [2.45, 2.75) is 45.1 Å². The lowest BCUT2D eigenvalue weighted by Crippen LogP contribution is -2.32. The molecule has 0 atom stereocenters. The molecule has 2 aromatic heterocycles. The first-order valence-corrected chi connectivity index (χ1v) is 12.6. The third kappa shape index (κ3) is 5.40. The van der Waals surface area contributed by atoms with Gasteiger partial charge in [0.05, 0.1) is 16.5 Å². The summed E-state index contributed by atoms with van der Waals surface area (Å²) >= 11 is 3.33. The molecule has 5 nitrogen and oxygen atoms in total. The van der Waals surface area contributed by atoms with Gasteiger partial charge in [0.15, 0.2) is 5.13 Å². The van der Waals surface area contributed by atoms with Gasteiger partial charge in [0.2, 0.25) is 5.91 Å². The number of amides is 1. The minimum Gasteiger partial charge on any atom is -0.337 e. The maximum absolute atomic E-state index is 13.3. The molecule has 4 aromatic rings. The Bertz CT molecular complexity index is 1180. The fraction of sp³-hybridized carbons (Fsp3) is 0.320. The number of nitrogens with zero attached hydrogens (tertiary/aromatic N) is 4. The Kier molecular flexibility index (Phi) is 7.27. The van der Waals surface area contributed by atoms with Crippen molar-refractivity contribution in [2.75, 3.05) is 17.2 Å². The van der Waals surface area contributed by atoms with Gasteiger partial charge in [0, 0.05) is 42.6 Å². The number of aryl methyl sites for hydroxylation is 4. The zero-order valence-corrected chi connectivity index (χ0v) is 20.4. The van der Waals surface area contributed by atoms with E-state index in [2.05, 4.69) is 62.2 Å². The summed E-state index contributed by atoms with van der Waals surface area (Å²) in [4.78, 5) is 25.3. The Balaban J connectivity index is 1.48. The third-order valence-electron chi connectivity index (χ3n) is 5.57. The van der Waals surface area contributed by atoms with Crippen LogP contribution in [-0.4, -0.2) is 32.7 Å². The number of aromatic nitrogens is 3.